The van der Waals surface area contributed by atoms with E-state index >= 15 is 0 Å². The predicted octanol–water partition coefficient (Wildman–Crippen LogP) is 2.69. The summed E-state index contributed by atoms with van der Waals surface area (Å²) in [6, 6.07) is 6.82. The van der Waals surface area contributed by atoms with Crippen molar-refractivity contribution in [2.75, 3.05) is 5.33 Å². The van der Waals surface area contributed by atoms with E-state index in [2.05, 4.69) is 20.7 Å². The Bertz CT molecular complexity index is 473. The molecule has 0 aromatic heterocycles. The highest BCUT2D eigenvalue weighted by Gasteiger charge is 2.20. The van der Waals surface area contributed by atoms with Gasteiger partial charge in [-0.25, -0.2) is 13.1 Å². The summed E-state index contributed by atoms with van der Waals surface area (Å²) in [4.78, 5) is 0.325. The highest BCUT2D eigenvalue weighted by Crippen LogP contribution is 2.14. The largest absolute Gasteiger partial charge is 0.240 e. The number of hydrogen-bond acceptors (Lipinski definition) is 2. The third-order valence-corrected chi connectivity index (χ3v) is 5.32. The Hall–Kier alpha value is -0.390. The fourth-order valence-corrected chi connectivity index (χ4v) is 3.36. The van der Waals surface area contributed by atoms with E-state index in [1.54, 1.807) is 18.2 Å². The SMILES string of the molecule is Cc1cccc(S(=O)(=O)NC(C)C(C)CBr)c1. The fraction of sp³-hybridized carbons (Fsp3) is 0.500. The summed E-state index contributed by atoms with van der Waals surface area (Å²) in [7, 11) is -3.41. The van der Waals surface area contributed by atoms with Crippen LogP contribution in [0.15, 0.2) is 29.2 Å². The van der Waals surface area contributed by atoms with Gasteiger partial charge in [-0.1, -0.05) is 35.0 Å². The van der Waals surface area contributed by atoms with Crippen LogP contribution < -0.4 is 4.72 Å². The lowest BCUT2D eigenvalue weighted by Crippen LogP contribution is -2.37. The second kappa shape index (κ2) is 5.98. The Morgan fingerprint density at radius 1 is 1.35 bits per heavy atom. The third-order valence-electron chi connectivity index (χ3n) is 2.74. The molecule has 0 saturated heterocycles. The van der Waals surface area contributed by atoms with Crippen molar-refractivity contribution >= 4 is 26.0 Å². The summed E-state index contributed by atoms with van der Waals surface area (Å²) in [6.07, 6.45) is 0. The van der Waals surface area contributed by atoms with Crippen LogP contribution in [0.3, 0.4) is 0 Å². The van der Waals surface area contributed by atoms with E-state index in [1.807, 2.05) is 26.8 Å². The summed E-state index contributed by atoms with van der Waals surface area (Å²) < 4.78 is 26.9. The molecule has 2 unspecified atom stereocenters. The summed E-state index contributed by atoms with van der Waals surface area (Å²) in [5.74, 6) is 0.245. The molecule has 0 saturated carbocycles. The average molecular weight is 320 g/mol. The van der Waals surface area contributed by atoms with Crippen LogP contribution in [0.2, 0.25) is 0 Å². The molecule has 0 spiro atoms. The molecule has 1 aromatic rings. The Morgan fingerprint density at radius 2 is 2.00 bits per heavy atom. The highest BCUT2D eigenvalue weighted by atomic mass is 79.9. The van der Waals surface area contributed by atoms with Gasteiger partial charge in [0.15, 0.2) is 0 Å². The van der Waals surface area contributed by atoms with E-state index in [9.17, 15) is 8.42 Å². The van der Waals surface area contributed by atoms with Gasteiger partial charge < -0.3 is 0 Å². The normalized spacial score (nSPS) is 15.5. The molecule has 0 aliphatic carbocycles. The molecule has 0 amide bonds. The number of benzene rings is 1. The smallest absolute Gasteiger partial charge is 0.208 e. The van der Waals surface area contributed by atoms with Crippen molar-refractivity contribution in [2.45, 2.75) is 31.7 Å². The van der Waals surface area contributed by atoms with Gasteiger partial charge in [-0.05, 0) is 37.5 Å². The van der Waals surface area contributed by atoms with Gasteiger partial charge in [0.25, 0.3) is 0 Å². The van der Waals surface area contributed by atoms with Crippen LogP contribution in [0.25, 0.3) is 0 Å². The van der Waals surface area contributed by atoms with Gasteiger partial charge in [0.2, 0.25) is 10.0 Å². The fourth-order valence-electron chi connectivity index (χ4n) is 1.35. The Kier molecular flexibility index (Phi) is 5.16. The minimum absolute atomic E-state index is 0.0973. The number of hydrogen-bond donors (Lipinski definition) is 1. The van der Waals surface area contributed by atoms with Gasteiger partial charge in [0.05, 0.1) is 4.90 Å². The Labute approximate surface area is 112 Å². The maximum absolute atomic E-state index is 12.1. The van der Waals surface area contributed by atoms with Crippen molar-refractivity contribution in [2.24, 2.45) is 5.92 Å². The van der Waals surface area contributed by atoms with Crippen LogP contribution in [0.1, 0.15) is 19.4 Å². The van der Waals surface area contributed by atoms with Crippen molar-refractivity contribution in [3.8, 4) is 0 Å². The lowest BCUT2D eigenvalue weighted by molar-refractivity contribution is 0.484. The second-order valence-electron chi connectivity index (χ2n) is 4.36. The average Bonchev–Trinajstić information content (AvgIpc) is 2.27. The van der Waals surface area contributed by atoms with Crippen molar-refractivity contribution in [3.63, 3.8) is 0 Å². The van der Waals surface area contributed by atoms with Crippen LogP contribution in [0.4, 0.5) is 0 Å². The first-order valence-electron chi connectivity index (χ1n) is 5.52. The van der Waals surface area contributed by atoms with Gasteiger partial charge >= 0.3 is 0 Å². The molecular formula is C12H18BrNO2S. The number of alkyl halides is 1. The minimum Gasteiger partial charge on any atom is -0.208 e. The molecule has 0 fully saturated rings. The molecule has 96 valence electrons. The van der Waals surface area contributed by atoms with Crippen LogP contribution >= 0.6 is 15.9 Å². The molecule has 0 radical (unpaired) electrons. The number of halogens is 1. The van der Waals surface area contributed by atoms with Crippen LogP contribution in [0, 0.1) is 12.8 Å². The lowest BCUT2D eigenvalue weighted by atomic mass is 10.1. The predicted molar refractivity (Wildman–Crippen MR) is 73.9 cm³/mol. The van der Waals surface area contributed by atoms with Crippen molar-refractivity contribution in [1.29, 1.82) is 0 Å². The summed E-state index contributed by atoms with van der Waals surface area (Å²) in [5.41, 5.74) is 0.939. The van der Waals surface area contributed by atoms with Crippen LogP contribution in [-0.2, 0) is 10.0 Å². The van der Waals surface area contributed by atoms with E-state index < -0.39 is 10.0 Å². The van der Waals surface area contributed by atoms with Crippen molar-refractivity contribution in [1.82, 2.24) is 4.72 Å². The van der Waals surface area contributed by atoms with Crippen molar-refractivity contribution < 1.29 is 8.42 Å². The first kappa shape index (κ1) is 14.7. The molecule has 1 aromatic carbocycles. The molecule has 3 nitrogen and oxygen atoms in total. The second-order valence-corrected chi connectivity index (χ2v) is 6.72. The molecule has 0 aliphatic heterocycles. The first-order valence-corrected chi connectivity index (χ1v) is 8.12. The molecule has 0 aliphatic rings. The number of sulfonamides is 1. The Balaban J connectivity index is 2.89. The number of aryl methyl sites for hydroxylation is 1. The molecule has 5 heteroatoms. The summed E-state index contributed by atoms with van der Waals surface area (Å²) >= 11 is 3.36. The highest BCUT2D eigenvalue weighted by molar-refractivity contribution is 9.09. The molecule has 17 heavy (non-hydrogen) atoms. The van der Waals surface area contributed by atoms with Gasteiger partial charge in [0, 0.05) is 11.4 Å². The van der Waals surface area contributed by atoms with Gasteiger partial charge in [-0.15, -0.1) is 0 Å². The third kappa shape index (κ3) is 4.08. The Morgan fingerprint density at radius 3 is 2.53 bits per heavy atom. The molecule has 1 N–H and O–H groups in total. The maximum Gasteiger partial charge on any atom is 0.240 e. The summed E-state index contributed by atoms with van der Waals surface area (Å²) in [6.45, 7) is 5.75. The van der Waals surface area contributed by atoms with E-state index in [0.29, 0.717) is 4.90 Å². The molecule has 0 heterocycles. The van der Waals surface area contributed by atoms with E-state index in [0.717, 1.165) is 10.9 Å². The lowest BCUT2D eigenvalue weighted by Gasteiger charge is -2.19. The zero-order chi connectivity index (χ0) is 13.1. The number of nitrogens with one attached hydrogen (secondary N) is 1. The van der Waals surface area contributed by atoms with Crippen molar-refractivity contribution in [3.05, 3.63) is 29.8 Å². The topological polar surface area (TPSA) is 46.2 Å². The zero-order valence-electron chi connectivity index (χ0n) is 10.3. The van der Waals surface area contributed by atoms with Gasteiger partial charge in [-0.2, -0.15) is 0 Å². The van der Waals surface area contributed by atoms with Gasteiger partial charge in [0.1, 0.15) is 0 Å². The molecule has 2 atom stereocenters. The van der Waals surface area contributed by atoms with E-state index in [1.165, 1.54) is 0 Å². The van der Waals surface area contributed by atoms with E-state index in [4.69, 9.17) is 0 Å². The quantitative estimate of drug-likeness (QED) is 0.848. The zero-order valence-corrected chi connectivity index (χ0v) is 12.7. The standard InChI is InChI=1S/C12H18BrNO2S/c1-9-5-4-6-12(7-9)17(15,16)14-11(3)10(2)8-13/h4-7,10-11,14H,8H2,1-3H3. The first-order chi connectivity index (χ1) is 7.86. The van der Waals surface area contributed by atoms with Crippen LogP contribution in [-0.4, -0.2) is 19.8 Å². The molecular weight excluding hydrogens is 302 g/mol. The van der Waals surface area contributed by atoms with Gasteiger partial charge in [-0.3, -0.25) is 0 Å². The number of rotatable bonds is 5. The van der Waals surface area contributed by atoms with E-state index in [-0.39, 0.29) is 12.0 Å². The minimum atomic E-state index is -3.41. The molecule has 0 bridgehead atoms. The molecule has 1 rings (SSSR count). The maximum atomic E-state index is 12.1. The van der Waals surface area contributed by atoms with Crippen LogP contribution in [0.5, 0.6) is 0 Å². The monoisotopic (exact) mass is 319 g/mol. The summed E-state index contributed by atoms with van der Waals surface area (Å²) in [5, 5.41) is 0.768.